The van der Waals surface area contributed by atoms with Crippen molar-refractivity contribution in [3.05, 3.63) is 21.4 Å². The van der Waals surface area contributed by atoms with E-state index in [1.165, 1.54) is 15.3 Å². The molecular weight excluding hydrogens is 698 g/mol. The molecule has 2 N–H and O–H groups in total. The highest BCUT2D eigenvalue weighted by Crippen LogP contribution is 2.46. The van der Waals surface area contributed by atoms with Crippen LogP contribution in [0.1, 0.15) is 87.5 Å². The second-order valence-corrected chi connectivity index (χ2v) is 15.3. The standard InChI is InChI=1S/C37H62ClN3O9S/c1-4-31-24-32-33(51-31)10-15-50-37(32)11-13-41(28(3)25-37)27-29-22-30(23-29)40-36(43)49-21-18-45-17-20-48-34(26-39-35(42)46-5-2)47-19-16-44-14-9-7-6-8-12-38/h24,28-30,34H,4-23,25-27H2,1-3H3,(H,39,42)(H,40,43)/t28-,29?,30?,34?,37+/m0/s1. The molecule has 14 heteroatoms. The zero-order chi connectivity index (χ0) is 36.3. The SMILES string of the molecule is CCOC(=O)NCC(OCCOCCCCCCCl)OCCOCCOC(=O)NC1CC(CN2CC[C@]3(C[C@@H]2C)OCCc2sc(CC)cc23)C1. The van der Waals surface area contributed by atoms with E-state index in [9.17, 15) is 9.59 Å². The Morgan fingerprint density at radius 3 is 2.47 bits per heavy atom. The van der Waals surface area contributed by atoms with Crippen LogP contribution in [0.5, 0.6) is 0 Å². The molecule has 0 bridgehead atoms. The van der Waals surface area contributed by atoms with E-state index >= 15 is 0 Å². The summed E-state index contributed by atoms with van der Waals surface area (Å²) in [4.78, 5) is 29.7. The average Bonchev–Trinajstić information content (AvgIpc) is 3.54. The Morgan fingerprint density at radius 2 is 1.75 bits per heavy atom. The fraction of sp³-hybridized carbons (Fsp3) is 0.838. The molecule has 1 spiro atoms. The van der Waals surface area contributed by atoms with Crippen LogP contribution in [0.4, 0.5) is 9.59 Å². The number of carbonyl (C=O) groups is 2. The number of hydrogen-bond donors (Lipinski definition) is 2. The topological polar surface area (TPSA) is 126 Å². The van der Waals surface area contributed by atoms with Gasteiger partial charge in [0.2, 0.25) is 0 Å². The van der Waals surface area contributed by atoms with Gasteiger partial charge in [0.25, 0.3) is 0 Å². The summed E-state index contributed by atoms with van der Waals surface area (Å²) in [7, 11) is 0. The summed E-state index contributed by atoms with van der Waals surface area (Å²) in [5, 5.41) is 5.63. The third kappa shape index (κ3) is 14.2. The molecule has 1 saturated heterocycles. The fourth-order valence-electron chi connectivity index (χ4n) is 7.13. The van der Waals surface area contributed by atoms with Crippen molar-refractivity contribution < 1.29 is 42.7 Å². The molecule has 0 aromatic carbocycles. The molecule has 1 unspecified atom stereocenters. The van der Waals surface area contributed by atoms with E-state index in [2.05, 4.69) is 35.4 Å². The first kappa shape index (κ1) is 42.0. The number of nitrogens with one attached hydrogen (secondary N) is 2. The van der Waals surface area contributed by atoms with Gasteiger partial charge in [-0.15, -0.1) is 22.9 Å². The number of halogens is 1. The lowest BCUT2D eigenvalue weighted by Gasteiger charge is -2.49. The number of hydrogen-bond acceptors (Lipinski definition) is 11. The van der Waals surface area contributed by atoms with Gasteiger partial charge >= 0.3 is 12.2 Å². The van der Waals surface area contributed by atoms with Crippen LogP contribution in [-0.4, -0.2) is 120 Å². The van der Waals surface area contributed by atoms with Crippen LogP contribution in [-0.2, 0) is 51.6 Å². The number of likely N-dealkylation sites (tertiary alicyclic amines) is 1. The largest absolute Gasteiger partial charge is 0.450 e. The van der Waals surface area contributed by atoms with Crippen molar-refractivity contribution in [3.63, 3.8) is 0 Å². The third-order valence-corrected chi connectivity index (χ3v) is 11.5. The fourth-order valence-corrected chi connectivity index (χ4v) is 8.50. The highest BCUT2D eigenvalue weighted by Gasteiger charge is 2.45. The molecule has 292 valence electrons. The molecule has 2 amide bonds. The molecule has 1 aromatic rings. The first-order chi connectivity index (χ1) is 24.9. The molecule has 2 aliphatic heterocycles. The summed E-state index contributed by atoms with van der Waals surface area (Å²) in [5.74, 6) is 1.27. The zero-order valence-corrected chi connectivity index (χ0v) is 32.6. The van der Waals surface area contributed by atoms with E-state index in [-0.39, 0.29) is 51.2 Å². The molecule has 3 aliphatic rings. The number of nitrogens with zero attached hydrogens (tertiary/aromatic N) is 1. The number of piperidine rings is 1. The van der Waals surface area contributed by atoms with Gasteiger partial charge in [-0.3, -0.25) is 0 Å². The van der Waals surface area contributed by atoms with Crippen LogP contribution >= 0.6 is 22.9 Å². The summed E-state index contributed by atoms with van der Waals surface area (Å²) in [6.07, 6.45) is 8.76. The number of rotatable bonds is 24. The molecule has 1 saturated carbocycles. The second-order valence-electron chi connectivity index (χ2n) is 13.7. The van der Waals surface area contributed by atoms with Gasteiger partial charge in [0, 0.05) is 53.8 Å². The van der Waals surface area contributed by atoms with Gasteiger partial charge < -0.3 is 48.7 Å². The number of amides is 2. The first-order valence-corrected chi connectivity index (χ1v) is 20.5. The predicted molar refractivity (Wildman–Crippen MR) is 198 cm³/mol. The van der Waals surface area contributed by atoms with Crippen LogP contribution in [0.25, 0.3) is 0 Å². The molecule has 1 aromatic heterocycles. The van der Waals surface area contributed by atoms with E-state index in [0.717, 1.165) is 83.9 Å². The van der Waals surface area contributed by atoms with Gasteiger partial charge in [0.15, 0.2) is 6.29 Å². The number of unbranched alkanes of at least 4 members (excludes halogenated alkanes) is 3. The van der Waals surface area contributed by atoms with Crippen molar-refractivity contribution in [1.82, 2.24) is 15.5 Å². The van der Waals surface area contributed by atoms with Gasteiger partial charge in [-0.05, 0) is 76.3 Å². The van der Waals surface area contributed by atoms with Crippen molar-refractivity contribution in [2.45, 2.75) is 109 Å². The van der Waals surface area contributed by atoms with Crippen molar-refractivity contribution in [2.24, 2.45) is 5.92 Å². The van der Waals surface area contributed by atoms with Crippen LogP contribution in [0, 0.1) is 5.92 Å². The van der Waals surface area contributed by atoms with Crippen molar-refractivity contribution >= 4 is 35.1 Å². The molecule has 12 nitrogen and oxygen atoms in total. The summed E-state index contributed by atoms with van der Waals surface area (Å²) in [6, 6.07) is 3.03. The maximum Gasteiger partial charge on any atom is 0.407 e. The summed E-state index contributed by atoms with van der Waals surface area (Å²) < 4.78 is 39.5. The summed E-state index contributed by atoms with van der Waals surface area (Å²) >= 11 is 7.68. The maximum absolute atomic E-state index is 12.4. The molecular formula is C37H62ClN3O9S. The predicted octanol–water partition coefficient (Wildman–Crippen LogP) is 6.01. The Labute approximate surface area is 313 Å². The number of thiophene rings is 1. The number of fused-ring (bicyclic) bond motifs is 2. The summed E-state index contributed by atoms with van der Waals surface area (Å²) in [6.45, 7) is 12.0. The quantitative estimate of drug-likeness (QED) is 0.0736. The molecule has 2 fully saturated rings. The molecule has 4 rings (SSSR count). The number of carbonyl (C=O) groups excluding carboxylic acids is 2. The Bertz CT molecular complexity index is 1160. The van der Waals surface area contributed by atoms with Crippen LogP contribution < -0.4 is 10.6 Å². The van der Waals surface area contributed by atoms with E-state index in [1.807, 2.05) is 11.3 Å². The first-order valence-electron chi connectivity index (χ1n) is 19.1. The highest BCUT2D eigenvalue weighted by atomic mass is 35.5. The Hall–Kier alpha value is -1.71. The Balaban J connectivity index is 1.02. The number of ether oxygens (including phenoxy) is 7. The smallest absolute Gasteiger partial charge is 0.407 e. The Kier molecular flexibility index (Phi) is 19.1. The minimum Gasteiger partial charge on any atom is -0.450 e. The second kappa shape index (κ2) is 23.2. The van der Waals surface area contributed by atoms with Gasteiger partial charge in [-0.1, -0.05) is 19.8 Å². The number of aryl methyl sites for hydroxylation is 1. The van der Waals surface area contributed by atoms with Crippen LogP contribution in [0.15, 0.2) is 6.07 Å². The van der Waals surface area contributed by atoms with E-state index in [0.29, 0.717) is 37.7 Å². The van der Waals surface area contributed by atoms with Crippen molar-refractivity contribution in [1.29, 1.82) is 0 Å². The minimum atomic E-state index is -0.678. The lowest BCUT2D eigenvalue weighted by molar-refractivity contribution is -0.154. The van der Waals surface area contributed by atoms with Gasteiger partial charge in [0.1, 0.15) is 6.61 Å². The van der Waals surface area contributed by atoms with E-state index in [1.54, 1.807) is 6.92 Å². The lowest BCUT2D eigenvalue weighted by atomic mass is 9.76. The number of alkyl carbamates (subject to hydrolysis) is 2. The lowest BCUT2D eigenvalue weighted by Crippen LogP contribution is -2.54. The van der Waals surface area contributed by atoms with Crippen molar-refractivity contribution in [2.75, 3.05) is 85.0 Å². The average molecular weight is 760 g/mol. The Morgan fingerprint density at radius 1 is 1.00 bits per heavy atom. The molecule has 3 atom stereocenters. The molecule has 0 radical (unpaired) electrons. The zero-order valence-electron chi connectivity index (χ0n) is 31.1. The third-order valence-electron chi connectivity index (χ3n) is 9.89. The molecule has 3 heterocycles. The van der Waals surface area contributed by atoms with Crippen LogP contribution in [0.2, 0.25) is 0 Å². The highest BCUT2D eigenvalue weighted by molar-refractivity contribution is 7.12. The molecule has 51 heavy (non-hydrogen) atoms. The van der Waals surface area contributed by atoms with E-state index < -0.39 is 18.5 Å². The van der Waals surface area contributed by atoms with E-state index in [4.69, 9.17) is 44.8 Å². The van der Waals surface area contributed by atoms with Gasteiger partial charge in [-0.25, -0.2) is 9.59 Å². The van der Waals surface area contributed by atoms with Gasteiger partial charge in [-0.2, -0.15) is 0 Å². The summed E-state index contributed by atoms with van der Waals surface area (Å²) in [5.41, 5.74) is 1.35. The van der Waals surface area contributed by atoms with Gasteiger partial charge in [0.05, 0.1) is 58.4 Å². The van der Waals surface area contributed by atoms with Crippen molar-refractivity contribution in [3.8, 4) is 0 Å². The van der Waals surface area contributed by atoms with Crippen LogP contribution in [0.3, 0.4) is 0 Å². The number of alkyl halides is 1. The monoisotopic (exact) mass is 759 g/mol. The molecule has 1 aliphatic carbocycles. The maximum atomic E-state index is 12.4. The normalized spacial score (nSPS) is 23.7. The minimum absolute atomic E-state index is 0.114.